The lowest BCUT2D eigenvalue weighted by molar-refractivity contribution is -0.139. The Kier molecular flexibility index (Phi) is 11.6. The van der Waals surface area contributed by atoms with E-state index in [9.17, 15) is 18.0 Å². The van der Waals surface area contributed by atoms with Gasteiger partial charge in [0.15, 0.2) is 0 Å². The first kappa shape index (κ1) is 32.4. The molecule has 0 radical (unpaired) electrons. The van der Waals surface area contributed by atoms with Gasteiger partial charge in [-0.05, 0) is 93.4 Å². The van der Waals surface area contributed by atoms with Gasteiger partial charge in [0, 0.05) is 22.1 Å². The summed E-state index contributed by atoms with van der Waals surface area (Å²) in [6.45, 7) is 7.29. The molecule has 0 heterocycles. The molecule has 8 nitrogen and oxygen atoms in total. The molecule has 0 fully saturated rings. The quantitative estimate of drug-likeness (QED) is 0.241. The number of nitrogens with one attached hydrogen (secondary N) is 1. The van der Waals surface area contributed by atoms with E-state index in [-0.39, 0.29) is 29.1 Å². The van der Waals surface area contributed by atoms with E-state index in [1.807, 2.05) is 20.8 Å². The Balaban J connectivity index is 2.03. The number of ether oxygens (including phenoxy) is 1. The summed E-state index contributed by atoms with van der Waals surface area (Å²) in [5.41, 5.74) is 0.988. The molecule has 1 N–H and O–H groups in total. The Morgan fingerprint density at radius 3 is 2.24 bits per heavy atom. The fourth-order valence-corrected chi connectivity index (χ4v) is 5.91. The number of nitrogens with zero attached hydrogens (tertiary/aromatic N) is 2. The zero-order valence-electron chi connectivity index (χ0n) is 23.5. The molecular weight excluding hydrogens is 630 g/mol. The number of halogens is 2. The summed E-state index contributed by atoms with van der Waals surface area (Å²) in [6, 6.07) is 18.7. The van der Waals surface area contributed by atoms with Crippen molar-refractivity contribution in [2.75, 3.05) is 17.5 Å². The van der Waals surface area contributed by atoms with Gasteiger partial charge in [-0.2, -0.15) is 0 Å². The van der Waals surface area contributed by atoms with E-state index in [0.29, 0.717) is 27.4 Å². The van der Waals surface area contributed by atoms with Crippen molar-refractivity contribution in [1.29, 1.82) is 0 Å². The lowest BCUT2D eigenvalue weighted by atomic mass is 10.1. The van der Waals surface area contributed by atoms with Crippen LogP contribution in [-0.2, 0) is 26.2 Å². The molecule has 0 bridgehead atoms. The summed E-state index contributed by atoms with van der Waals surface area (Å²) in [5, 5.41) is 3.40. The van der Waals surface area contributed by atoms with Crippen LogP contribution >= 0.6 is 27.5 Å². The standard InChI is InChI=1S/C30H35BrClN3O5S/c1-5-21(3)33-30(37)22(4)34(19-23-8-7-9-25(32)18-23)29(36)20-35(26-12-14-27(15-13-26)40-6-2)41(38,39)28-16-10-24(31)11-17-28/h7-18,21-22H,5-6,19-20H2,1-4H3,(H,33,37)/t21-,22-/m1/s1. The van der Waals surface area contributed by atoms with Crippen LogP contribution in [0.3, 0.4) is 0 Å². The van der Waals surface area contributed by atoms with E-state index in [2.05, 4.69) is 21.2 Å². The summed E-state index contributed by atoms with van der Waals surface area (Å²) in [5.74, 6) is -0.314. The normalized spacial score (nSPS) is 12.7. The highest BCUT2D eigenvalue weighted by atomic mass is 79.9. The number of amides is 2. The Labute approximate surface area is 255 Å². The van der Waals surface area contributed by atoms with Crippen molar-refractivity contribution < 1.29 is 22.7 Å². The number of anilines is 1. The van der Waals surface area contributed by atoms with Crippen LogP contribution in [0.25, 0.3) is 0 Å². The third-order valence-corrected chi connectivity index (χ3v) is 9.08. The SMILES string of the molecule is CCOc1ccc(N(CC(=O)N(Cc2cccc(Cl)c2)[C@H](C)C(=O)N[C@H](C)CC)S(=O)(=O)c2ccc(Br)cc2)cc1. The molecule has 2 atom stereocenters. The van der Waals surface area contributed by atoms with Crippen molar-refractivity contribution in [3.8, 4) is 5.75 Å². The third kappa shape index (κ3) is 8.70. The van der Waals surface area contributed by atoms with Gasteiger partial charge in [-0.3, -0.25) is 13.9 Å². The number of sulfonamides is 1. The predicted octanol–water partition coefficient (Wildman–Crippen LogP) is 6.03. The predicted molar refractivity (Wildman–Crippen MR) is 166 cm³/mol. The zero-order chi connectivity index (χ0) is 30.2. The Bertz CT molecular complexity index is 1440. The minimum Gasteiger partial charge on any atom is -0.494 e. The average Bonchev–Trinajstić information content (AvgIpc) is 2.95. The van der Waals surface area contributed by atoms with Gasteiger partial charge in [0.2, 0.25) is 11.8 Å². The van der Waals surface area contributed by atoms with Gasteiger partial charge in [0.25, 0.3) is 10.0 Å². The molecule has 41 heavy (non-hydrogen) atoms. The molecule has 2 amide bonds. The molecule has 0 spiro atoms. The lowest BCUT2D eigenvalue weighted by Gasteiger charge is -2.32. The second kappa shape index (κ2) is 14.7. The summed E-state index contributed by atoms with van der Waals surface area (Å²) < 4.78 is 35.1. The van der Waals surface area contributed by atoms with E-state index in [0.717, 1.165) is 10.7 Å². The number of benzene rings is 3. The van der Waals surface area contributed by atoms with Crippen molar-refractivity contribution in [2.45, 2.75) is 57.6 Å². The van der Waals surface area contributed by atoms with Gasteiger partial charge in [-0.15, -0.1) is 0 Å². The van der Waals surface area contributed by atoms with E-state index >= 15 is 0 Å². The molecule has 3 rings (SSSR count). The number of hydrogen-bond acceptors (Lipinski definition) is 5. The van der Waals surface area contributed by atoms with E-state index in [1.165, 1.54) is 17.0 Å². The minimum absolute atomic E-state index is 0.0198. The summed E-state index contributed by atoms with van der Waals surface area (Å²) in [4.78, 5) is 28.5. The molecule has 0 aromatic heterocycles. The molecule has 0 aliphatic heterocycles. The number of hydrogen-bond donors (Lipinski definition) is 1. The lowest BCUT2D eigenvalue weighted by Crippen LogP contribution is -2.52. The largest absolute Gasteiger partial charge is 0.494 e. The van der Waals surface area contributed by atoms with Gasteiger partial charge < -0.3 is 15.0 Å². The third-order valence-electron chi connectivity index (χ3n) is 6.53. The molecule has 3 aromatic rings. The molecule has 0 saturated heterocycles. The molecule has 220 valence electrons. The van der Waals surface area contributed by atoms with Crippen LogP contribution in [-0.4, -0.2) is 50.4 Å². The molecule has 0 aliphatic rings. The second-order valence-corrected chi connectivity index (χ2v) is 12.8. The first-order valence-corrected chi connectivity index (χ1v) is 15.9. The van der Waals surface area contributed by atoms with Crippen LogP contribution in [0.5, 0.6) is 5.75 Å². The van der Waals surface area contributed by atoms with Crippen LogP contribution in [0.15, 0.2) is 82.2 Å². The number of carbonyl (C=O) groups excluding carboxylic acids is 2. The monoisotopic (exact) mass is 663 g/mol. The summed E-state index contributed by atoms with van der Waals surface area (Å²) in [7, 11) is -4.17. The fourth-order valence-electron chi connectivity index (χ4n) is 4.02. The Hall–Kier alpha value is -3.08. The summed E-state index contributed by atoms with van der Waals surface area (Å²) >= 11 is 9.53. The highest BCUT2D eigenvalue weighted by molar-refractivity contribution is 9.10. The first-order valence-electron chi connectivity index (χ1n) is 13.3. The van der Waals surface area contributed by atoms with E-state index in [1.54, 1.807) is 67.6 Å². The zero-order valence-corrected chi connectivity index (χ0v) is 26.7. The van der Waals surface area contributed by atoms with E-state index in [4.69, 9.17) is 16.3 Å². The molecule has 0 unspecified atom stereocenters. The summed E-state index contributed by atoms with van der Waals surface area (Å²) in [6.07, 6.45) is 0.720. The molecule has 0 aliphatic carbocycles. The van der Waals surface area contributed by atoms with E-state index < -0.39 is 28.5 Å². The Morgan fingerprint density at radius 2 is 1.66 bits per heavy atom. The van der Waals surface area contributed by atoms with Crippen molar-refractivity contribution >= 4 is 55.1 Å². The van der Waals surface area contributed by atoms with Crippen molar-refractivity contribution in [1.82, 2.24) is 10.2 Å². The van der Waals surface area contributed by atoms with Crippen LogP contribution in [0.1, 0.15) is 39.7 Å². The smallest absolute Gasteiger partial charge is 0.264 e. The molecular formula is C30H35BrClN3O5S. The van der Waals surface area contributed by atoms with Crippen LogP contribution in [0, 0.1) is 0 Å². The molecule has 11 heteroatoms. The fraction of sp³-hybridized carbons (Fsp3) is 0.333. The average molecular weight is 665 g/mol. The van der Waals surface area contributed by atoms with Crippen LogP contribution < -0.4 is 14.4 Å². The van der Waals surface area contributed by atoms with Crippen LogP contribution in [0.2, 0.25) is 5.02 Å². The Morgan fingerprint density at radius 1 is 1.00 bits per heavy atom. The maximum absolute atomic E-state index is 14.0. The number of carbonyl (C=O) groups is 2. The topological polar surface area (TPSA) is 96.0 Å². The van der Waals surface area contributed by atoms with Crippen molar-refractivity contribution in [3.63, 3.8) is 0 Å². The van der Waals surface area contributed by atoms with Gasteiger partial charge in [0.05, 0.1) is 17.2 Å². The molecule has 0 saturated carbocycles. The van der Waals surface area contributed by atoms with Crippen molar-refractivity contribution in [2.24, 2.45) is 0 Å². The van der Waals surface area contributed by atoms with Crippen molar-refractivity contribution in [3.05, 3.63) is 87.9 Å². The number of rotatable bonds is 13. The maximum atomic E-state index is 14.0. The minimum atomic E-state index is -4.17. The van der Waals surface area contributed by atoms with Gasteiger partial charge in [-0.25, -0.2) is 8.42 Å². The second-order valence-electron chi connectivity index (χ2n) is 9.54. The van der Waals surface area contributed by atoms with Gasteiger partial charge in [-0.1, -0.05) is 46.6 Å². The highest BCUT2D eigenvalue weighted by Gasteiger charge is 2.33. The van der Waals surface area contributed by atoms with Gasteiger partial charge in [0.1, 0.15) is 18.3 Å². The first-order chi connectivity index (χ1) is 19.5. The maximum Gasteiger partial charge on any atom is 0.264 e. The highest BCUT2D eigenvalue weighted by Crippen LogP contribution is 2.27. The van der Waals surface area contributed by atoms with Crippen LogP contribution in [0.4, 0.5) is 5.69 Å². The van der Waals surface area contributed by atoms with Gasteiger partial charge >= 0.3 is 0 Å². The molecule has 3 aromatic carbocycles.